The summed E-state index contributed by atoms with van der Waals surface area (Å²) in [5.41, 5.74) is -0.342. The minimum Gasteiger partial charge on any atom is -0.396 e. The first-order valence-corrected chi connectivity index (χ1v) is 7.39. The number of aliphatic hydroxyl groups is 1. The summed E-state index contributed by atoms with van der Waals surface area (Å²) in [6, 6.07) is 5.65. The lowest BCUT2D eigenvalue weighted by atomic mass is 9.95. The van der Waals surface area contributed by atoms with Gasteiger partial charge in [0.15, 0.2) is 0 Å². The van der Waals surface area contributed by atoms with Crippen LogP contribution in [0.25, 0.3) is 0 Å². The van der Waals surface area contributed by atoms with Gasteiger partial charge in [-0.1, -0.05) is 24.8 Å². The zero-order valence-corrected chi connectivity index (χ0v) is 12.5. The van der Waals surface area contributed by atoms with E-state index in [-0.39, 0.29) is 23.3 Å². The molecule has 2 N–H and O–H groups in total. The summed E-state index contributed by atoms with van der Waals surface area (Å²) in [5, 5.41) is 12.7. The lowest BCUT2D eigenvalue weighted by molar-refractivity contribution is -0.122. The summed E-state index contributed by atoms with van der Waals surface area (Å²) in [4.78, 5) is 16.4. The molecule has 19 heavy (non-hydrogen) atoms. The Morgan fingerprint density at radius 1 is 1.58 bits per heavy atom. The smallest absolute Gasteiger partial charge is 0.233 e. The first kappa shape index (κ1) is 16.0. The number of carbonyl (C=O) groups is 1. The van der Waals surface area contributed by atoms with E-state index >= 15 is 0 Å². The van der Waals surface area contributed by atoms with Gasteiger partial charge in [-0.3, -0.25) is 4.79 Å². The number of hydrogen-bond acceptors (Lipinski definition) is 4. The minimum atomic E-state index is -0.342. The molecule has 4 nitrogen and oxygen atoms in total. The maximum atomic E-state index is 12.2. The standard InChI is InChI=1S/C14H22N2O2S/c1-4-14(3,8-10-17)16-13(18)11(2)19-12-7-5-6-9-15-12/h5-7,9,11,17H,4,8,10H2,1-3H3,(H,16,18). The largest absolute Gasteiger partial charge is 0.396 e. The SMILES string of the molecule is CCC(C)(CCO)NC(=O)C(C)Sc1ccccn1. The maximum absolute atomic E-state index is 12.2. The number of carbonyl (C=O) groups excluding carboxylic acids is 1. The molecule has 1 aromatic rings. The fraction of sp³-hybridized carbons (Fsp3) is 0.571. The van der Waals surface area contributed by atoms with E-state index in [1.165, 1.54) is 11.8 Å². The molecule has 1 aromatic heterocycles. The summed E-state index contributed by atoms with van der Waals surface area (Å²) in [7, 11) is 0. The molecule has 0 aliphatic rings. The molecule has 0 fully saturated rings. The fourth-order valence-corrected chi connectivity index (χ4v) is 2.43. The number of thioether (sulfide) groups is 1. The van der Waals surface area contributed by atoms with Crippen LogP contribution in [0.2, 0.25) is 0 Å². The second kappa shape index (κ2) is 7.50. The Morgan fingerprint density at radius 2 is 2.32 bits per heavy atom. The highest BCUT2D eigenvalue weighted by atomic mass is 32.2. The molecule has 0 aliphatic heterocycles. The quantitative estimate of drug-likeness (QED) is 0.753. The van der Waals surface area contributed by atoms with Crippen LogP contribution in [0.1, 0.15) is 33.6 Å². The molecular weight excluding hydrogens is 260 g/mol. The normalized spacial score (nSPS) is 15.6. The second-order valence-electron chi connectivity index (χ2n) is 4.81. The van der Waals surface area contributed by atoms with Crippen molar-refractivity contribution >= 4 is 17.7 Å². The van der Waals surface area contributed by atoms with Crippen molar-refractivity contribution < 1.29 is 9.90 Å². The van der Waals surface area contributed by atoms with Gasteiger partial charge in [0.1, 0.15) is 0 Å². The Kier molecular flexibility index (Phi) is 6.31. The van der Waals surface area contributed by atoms with Crippen LogP contribution in [0.5, 0.6) is 0 Å². The van der Waals surface area contributed by atoms with E-state index in [9.17, 15) is 4.79 Å². The van der Waals surface area contributed by atoms with E-state index in [2.05, 4.69) is 10.3 Å². The van der Waals surface area contributed by atoms with Gasteiger partial charge >= 0.3 is 0 Å². The molecule has 1 heterocycles. The van der Waals surface area contributed by atoms with Gasteiger partial charge in [-0.2, -0.15) is 0 Å². The number of rotatable bonds is 7. The molecule has 1 amide bonds. The monoisotopic (exact) mass is 282 g/mol. The lowest BCUT2D eigenvalue weighted by Gasteiger charge is -2.30. The highest BCUT2D eigenvalue weighted by Gasteiger charge is 2.26. The number of nitrogens with one attached hydrogen (secondary N) is 1. The van der Waals surface area contributed by atoms with Crippen molar-refractivity contribution in [3.8, 4) is 0 Å². The average molecular weight is 282 g/mol. The van der Waals surface area contributed by atoms with Crippen molar-refractivity contribution in [2.75, 3.05) is 6.61 Å². The van der Waals surface area contributed by atoms with Crippen molar-refractivity contribution in [1.29, 1.82) is 0 Å². The van der Waals surface area contributed by atoms with Gasteiger partial charge in [0.2, 0.25) is 5.91 Å². The van der Waals surface area contributed by atoms with Gasteiger partial charge in [-0.05, 0) is 38.8 Å². The molecule has 0 bridgehead atoms. The Bertz CT molecular complexity index is 400. The molecule has 0 spiro atoms. The zero-order chi connectivity index (χ0) is 14.3. The van der Waals surface area contributed by atoms with Crippen LogP contribution in [0.15, 0.2) is 29.4 Å². The van der Waals surface area contributed by atoms with Crippen molar-refractivity contribution in [1.82, 2.24) is 10.3 Å². The van der Waals surface area contributed by atoms with Gasteiger partial charge in [0.05, 0.1) is 10.3 Å². The number of amides is 1. The first-order valence-electron chi connectivity index (χ1n) is 6.51. The zero-order valence-electron chi connectivity index (χ0n) is 11.7. The first-order chi connectivity index (χ1) is 9.00. The predicted octanol–water partition coefficient (Wildman–Crippen LogP) is 2.23. The molecule has 2 atom stereocenters. The summed E-state index contributed by atoms with van der Waals surface area (Å²) in [5.74, 6) is -0.0200. The van der Waals surface area contributed by atoms with Crippen molar-refractivity contribution in [2.24, 2.45) is 0 Å². The van der Waals surface area contributed by atoms with Crippen molar-refractivity contribution in [3.05, 3.63) is 24.4 Å². The van der Waals surface area contributed by atoms with Crippen LogP contribution in [0.4, 0.5) is 0 Å². The third-order valence-electron chi connectivity index (χ3n) is 3.17. The average Bonchev–Trinajstić information content (AvgIpc) is 2.40. The Balaban J connectivity index is 2.57. The van der Waals surface area contributed by atoms with Crippen LogP contribution >= 0.6 is 11.8 Å². The van der Waals surface area contributed by atoms with Crippen LogP contribution < -0.4 is 5.32 Å². The molecular formula is C14H22N2O2S. The molecule has 106 valence electrons. The fourth-order valence-electron chi connectivity index (χ4n) is 1.62. The van der Waals surface area contributed by atoms with E-state index in [0.717, 1.165) is 11.4 Å². The van der Waals surface area contributed by atoms with E-state index < -0.39 is 0 Å². The van der Waals surface area contributed by atoms with Crippen molar-refractivity contribution in [2.45, 2.75) is 49.4 Å². The van der Waals surface area contributed by atoms with Crippen LogP contribution in [0.3, 0.4) is 0 Å². The summed E-state index contributed by atoms with van der Waals surface area (Å²) >= 11 is 1.44. The topological polar surface area (TPSA) is 62.2 Å². The minimum absolute atomic E-state index is 0.0200. The number of nitrogens with zero attached hydrogens (tertiary/aromatic N) is 1. The summed E-state index contributed by atoms with van der Waals surface area (Å²) in [6.07, 6.45) is 3.07. The Hall–Kier alpha value is -1.07. The molecule has 0 radical (unpaired) electrons. The molecule has 5 heteroatoms. The molecule has 0 aromatic carbocycles. The van der Waals surface area contributed by atoms with Gasteiger partial charge in [0.25, 0.3) is 0 Å². The lowest BCUT2D eigenvalue weighted by Crippen LogP contribution is -2.48. The van der Waals surface area contributed by atoms with Gasteiger partial charge in [-0.25, -0.2) is 4.98 Å². The van der Waals surface area contributed by atoms with Crippen LogP contribution in [-0.2, 0) is 4.79 Å². The number of hydrogen-bond donors (Lipinski definition) is 2. The summed E-state index contributed by atoms with van der Waals surface area (Å²) < 4.78 is 0. The van der Waals surface area contributed by atoms with Crippen LogP contribution in [-0.4, -0.2) is 33.4 Å². The third kappa shape index (κ3) is 5.20. The number of aliphatic hydroxyl groups excluding tert-OH is 1. The number of aromatic nitrogens is 1. The highest BCUT2D eigenvalue weighted by molar-refractivity contribution is 8.00. The van der Waals surface area contributed by atoms with Gasteiger partial charge < -0.3 is 10.4 Å². The van der Waals surface area contributed by atoms with E-state index in [0.29, 0.717) is 6.42 Å². The Labute approximate surface area is 119 Å². The second-order valence-corrected chi connectivity index (χ2v) is 6.17. The van der Waals surface area contributed by atoms with Gasteiger partial charge in [0, 0.05) is 18.3 Å². The molecule has 0 aliphatic carbocycles. The molecule has 2 unspecified atom stereocenters. The highest BCUT2D eigenvalue weighted by Crippen LogP contribution is 2.22. The Morgan fingerprint density at radius 3 is 2.84 bits per heavy atom. The van der Waals surface area contributed by atoms with Gasteiger partial charge in [-0.15, -0.1) is 0 Å². The third-order valence-corrected chi connectivity index (χ3v) is 4.22. The molecule has 0 saturated heterocycles. The summed E-state index contributed by atoms with van der Waals surface area (Å²) in [6.45, 7) is 5.90. The predicted molar refractivity (Wildman–Crippen MR) is 78.1 cm³/mol. The van der Waals surface area contributed by atoms with E-state index in [1.807, 2.05) is 39.0 Å². The molecule has 1 rings (SSSR count). The maximum Gasteiger partial charge on any atom is 0.233 e. The molecule has 0 saturated carbocycles. The van der Waals surface area contributed by atoms with E-state index in [1.54, 1.807) is 6.20 Å². The van der Waals surface area contributed by atoms with Crippen LogP contribution in [0, 0.1) is 0 Å². The van der Waals surface area contributed by atoms with Crippen molar-refractivity contribution in [3.63, 3.8) is 0 Å². The van der Waals surface area contributed by atoms with E-state index in [4.69, 9.17) is 5.11 Å². The number of pyridine rings is 1.